The van der Waals surface area contributed by atoms with Gasteiger partial charge >= 0.3 is 6.18 Å². The van der Waals surface area contributed by atoms with Crippen molar-refractivity contribution in [1.29, 1.82) is 0 Å². The molecule has 0 saturated heterocycles. The SMILES string of the molecule is Cc1cccc(-n2c(C)cc(/C=N/NC(=O)CN(c3ccc(Cl)c(C(F)(F)F)c3)S(C)(=O)=O)c2C)c1. The van der Waals surface area contributed by atoms with Crippen molar-refractivity contribution in [3.05, 3.63) is 81.6 Å². The van der Waals surface area contributed by atoms with Crippen LogP contribution in [0.15, 0.2) is 53.6 Å². The zero-order valence-corrected chi connectivity index (χ0v) is 21.5. The highest BCUT2D eigenvalue weighted by Gasteiger charge is 2.34. The van der Waals surface area contributed by atoms with Crippen LogP contribution in [0.25, 0.3) is 5.69 Å². The molecule has 1 heterocycles. The largest absolute Gasteiger partial charge is 0.417 e. The van der Waals surface area contributed by atoms with Gasteiger partial charge < -0.3 is 4.57 Å². The third kappa shape index (κ3) is 6.27. The lowest BCUT2D eigenvalue weighted by Gasteiger charge is -2.22. The summed E-state index contributed by atoms with van der Waals surface area (Å²) in [5.41, 5.74) is 5.27. The molecular formula is C24H24ClF3N4O3S. The van der Waals surface area contributed by atoms with Gasteiger partial charge in [-0.1, -0.05) is 23.7 Å². The van der Waals surface area contributed by atoms with Gasteiger partial charge in [-0.2, -0.15) is 18.3 Å². The highest BCUT2D eigenvalue weighted by atomic mass is 35.5. The normalized spacial score (nSPS) is 12.2. The topological polar surface area (TPSA) is 83.8 Å². The van der Waals surface area contributed by atoms with E-state index in [1.807, 2.05) is 55.7 Å². The number of nitrogens with one attached hydrogen (secondary N) is 1. The second-order valence-corrected chi connectivity index (χ2v) is 10.5. The Balaban J connectivity index is 1.79. The summed E-state index contributed by atoms with van der Waals surface area (Å²) < 4.78 is 66.7. The molecular weight excluding hydrogens is 517 g/mol. The molecule has 1 N–H and O–H groups in total. The smallest absolute Gasteiger partial charge is 0.318 e. The number of alkyl halides is 3. The van der Waals surface area contributed by atoms with E-state index in [0.29, 0.717) is 10.4 Å². The first-order chi connectivity index (χ1) is 16.7. The first kappa shape index (κ1) is 27.3. The number of benzene rings is 2. The molecule has 1 aromatic heterocycles. The summed E-state index contributed by atoms with van der Waals surface area (Å²) in [7, 11) is -4.10. The van der Waals surface area contributed by atoms with Gasteiger partial charge in [0, 0.05) is 22.6 Å². The lowest BCUT2D eigenvalue weighted by atomic mass is 10.2. The minimum atomic E-state index is -4.80. The van der Waals surface area contributed by atoms with Crippen molar-refractivity contribution in [3.8, 4) is 5.69 Å². The van der Waals surface area contributed by atoms with Gasteiger partial charge in [0.1, 0.15) is 6.54 Å². The average Bonchev–Trinajstić information content (AvgIpc) is 3.04. The molecule has 0 saturated carbocycles. The van der Waals surface area contributed by atoms with Crippen LogP contribution >= 0.6 is 11.6 Å². The number of anilines is 1. The number of amides is 1. The molecule has 12 heteroatoms. The average molecular weight is 541 g/mol. The summed E-state index contributed by atoms with van der Waals surface area (Å²) in [6, 6.07) is 12.4. The molecule has 1 amide bonds. The molecule has 36 heavy (non-hydrogen) atoms. The number of carbonyl (C=O) groups excluding carboxylic acids is 1. The summed E-state index contributed by atoms with van der Waals surface area (Å²) in [5, 5.41) is 3.32. The van der Waals surface area contributed by atoms with Crippen molar-refractivity contribution in [1.82, 2.24) is 9.99 Å². The van der Waals surface area contributed by atoms with Crippen LogP contribution in [-0.4, -0.2) is 37.9 Å². The number of sulfonamides is 1. The van der Waals surface area contributed by atoms with Crippen molar-refractivity contribution in [2.75, 3.05) is 17.1 Å². The number of aryl methyl sites for hydroxylation is 2. The molecule has 3 rings (SSSR count). The predicted molar refractivity (Wildman–Crippen MR) is 134 cm³/mol. The molecule has 0 aliphatic rings. The maximum atomic E-state index is 13.2. The highest BCUT2D eigenvalue weighted by Crippen LogP contribution is 2.37. The van der Waals surface area contributed by atoms with E-state index in [1.54, 1.807) is 0 Å². The third-order valence-electron chi connectivity index (χ3n) is 5.35. The van der Waals surface area contributed by atoms with Gasteiger partial charge in [0.25, 0.3) is 5.91 Å². The monoisotopic (exact) mass is 540 g/mol. The number of carbonyl (C=O) groups is 1. The van der Waals surface area contributed by atoms with Crippen LogP contribution < -0.4 is 9.73 Å². The quantitative estimate of drug-likeness (QED) is 0.338. The number of rotatable bonds is 7. The van der Waals surface area contributed by atoms with Gasteiger partial charge in [0.2, 0.25) is 10.0 Å². The maximum Gasteiger partial charge on any atom is 0.417 e. The maximum absolute atomic E-state index is 13.2. The minimum Gasteiger partial charge on any atom is -0.318 e. The fraction of sp³-hybridized carbons (Fsp3) is 0.250. The Labute approximate surface area is 212 Å². The van der Waals surface area contributed by atoms with Crippen molar-refractivity contribution >= 4 is 39.4 Å². The van der Waals surface area contributed by atoms with Crippen LogP contribution in [0.1, 0.15) is 28.1 Å². The van der Waals surface area contributed by atoms with Crippen LogP contribution in [0.5, 0.6) is 0 Å². The molecule has 0 unspecified atom stereocenters. The molecule has 0 aliphatic heterocycles. The first-order valence-corrected chi connectivity index (χ1v) is 12.8. The number of hydrazone groups is 1. The summed E-state index contributed by atoms with van der Waals surface area (Å²) in [6.07, 6.45) is -2.60. The van der Waals surface area contributed by atoms with Crippen LogP contribution in [0, 0.1) is 20.8 Å². The Kier molecular flexibility index (Phi) is 7.85. The van der Waals surface area contributed by atoms with Gasteiger partial charge in [-0.15, -0.1) is 0 Å². The Morgan fingerprint density at radius 2 is 1.83 bits per heavy atom. The van der Waals surface area contributed by atoms with E-state index >= 15 is 0 Å². The number of hydrogen-bond donors (Lipinski definition) is 1. The fourth-order valence-corrected chi connectivity index (χ4v) is 4.78. The van der Waals surface area contributed by atoms with Crippen LogP contribution in [-0.2, 0) is 21.0 Å². The van der Waals surface area contributed by atoms with Gasteiger partial charge in [-0.3, -0.25) is 9.10 Å². The molecule has 0 radical (unpaired) electrons. The number of nitrogens with zero attached hydrogens (tertiary/aromatic N) is 3. The second kappa shape index (κ2) is 10.4. The molecule has 0 fully saturated rings. The summed E-state index contributed by atoms with van der Waals surface area (Å²) >= 11 is 5.62. The Hall–Kier alpha value is -3.31. The van der Waals surface area contributed by atoms with E-state index in [0.717, 1.165) is 46.6 Å². The molecule has 192 valence electrons. The van der Waals surface area contributed by atoms with E-state index in [4.69, 9.17) is 11.6 Å². The highest BCUT2D eigenvalue weighted by molar-refractivity contribution is 7.92. The predicted octanol–water partition coefficient (Wildman–Crippen LogP) is 4.99. The second-order valence-electron chi connectivity index (χ2n) is 8.23. The van der Waals surface area contributed by atoms with Crippen LogP contribution in [0.3, 0.4) is 0 Å². The summed E-state index contributed by atoms with van der Waals surface area (Å²) in [4.78, 5) is 12.4. The van der Waals surface area contributed by atoms with Gasteiger partial charge in [0.15, 0.2) is 0 Å². The Morgan fingerprint density at radius 1 is 1.14 bits per heavy atom. The molecule has 0 spiro atoms. The first-order valence-electron chi connectivity index (χ1n) is 10.6. The molecule has 3 aromatic rings. The number of halogens is 4. The Morgan fingerprint density at radius 3 is 2.44 bits per heavy atom. The Bertz CT molecular complexity index is 1430. The van der Waals surface area contributed by atoms with Gasteiger partial charge in [-0.25, -0.2) is 13.8 Å². The van der Waals surface area contributed by atoms with E-state index in [2.05, 4.69) is 10.5 Å². The number of hydrogen-bond acceptors (Lipinski definition) is 4. The molecule has 0 aliphatic carbocycles. The van der Waals surface area contributed by atoms with Gasteiger partial charge in [-0.05, 0) is 62.7 Å². The zero-order valence-electron chi connectivity index (χ0n) is 19.9. The van der Waals surface area contributed by atoms with E-state index in [1.165, 1.54) is 6.21 Å². The minimum absolute atomic E-state index is 0.352. The van der Waals surface area contributed by atoms with E-state index in [-0.39, 0.29) is 5.69 Å². The molecule has 2 aromatic carbocycles. The number of aromatic nitrogens is 1. The fourth-order valence-electron chi connectivity index (χ4n) is 3.71. The van der Waals surface area contributed by atoms with Crippen molar-refractivity contribution in [3.63, 3.8) is 0 Å². The molecule has 0 bridgehead atoms. The standard InChI is InChI=1S/C24H24ClF3N4O3S/c1-15-6-5-7-20(10-15)32-16(2)11-18(17(32)3)13-29-30-23(33)14-31(36(4,34)35)19-8-9-22(25)21(12-19)24(26,27)28/h5-13H,14H2,1-4H3,(H,30,33)/b29-13+. The third-order valence-corrected chi connectivity index (χ3v) is 6.82. The van der Waals surface area contributed by atoms with E-state index < -0.39 is 39.2 Å². The summed E-state index contributed by atoms with van der Waals surface area (Å²) in [5.74, 6) is -0.840. The van der Waals surface area contributed by atoms with Gasteiger partial charge in [0.05, 0.1) is 28.7 Å². The zero-order chi connectivity index (χ0) is 26.8. The summed E-state index contributed by atoms with van der Waals surface area (Å²) in [6.45, 7) is 5.03. The molecule has 0 atom stereocenters. The van der Waals surface area contributed by atoms with Crippen molar-refractivity contribution in [2.24, 2.45) is 5.10 Å². The van der Waals surface area contributed by atoms with Crippen LogP contribution in [0.4, 0.5) is 18.9 Å². The lowest BCUT2D eigenvalue weighted by molar-refractivity contribution is -0.137. The lowest BCUT2D eigenvalue weighted by Crippen LogP contribution is -2.39. The van der Waals surface area contributed by atoms with E-state index in [9.17, 15) is 26.4 Å². The van der Waals surface area contributed by atoms with Crippen molar-refractivity contribution < 1.29 is 26.4 Å². The van der Waals surface area contributed by atoms with Crippen LogP contribution in [0.2, 0.25) is 5.02 Å². The van der Waals surface area contributed by atoms with Crippen molar-refractivity contribution in [2.45, 2.75) is 26.9 Å². The molecule has 7 nitrogen and oxygen atoms in total.